The fraction of sp³-hybridized carbons (Fsp3) is 0.143. The standard InChI is InChI=1S/C7H7BF3OS/c9-8(10,11)5-13-7-4-2-1-3-6(7)12/h1-4,12H,5H2/q-1. The Hall–Kier alpha value is -0.775. The summed E-state index contributed by atoms with van der Waals surface area (Å²) in [6.45, 7) is -4.79. The van der Waals surface area contributed by atoms with Gasteiger partial charge in [0.15, 0.2) is 0 Å². The number of hydrogen-bond donors (Lipinski definition) is 1. The third-order valence-electron chi connectivity index (χ3n) is 1.29. The Morgan fingerprint density at radius 2 is 1.85 bits per heavy atom. The molecule has 0 aliphatic heterocycles. The summed E-state index contributed by atoms with van der Waals surface area (Å²) in [5.74, 6) is -0.104. The second-order valence-corrected chi connectivity index (χ2v) is 3.55. The zero-order valence-electron chi connectivity index (χ0n) is 6.58. The van der Waals surface area contributed by atoms with Crippen LogP contribution in [0.3, 0.4) is 0 Å². The summed E-state index contributed by atoms with van der Waals surface area (Å²) in [6.07, 6.45) is 0. The lowest BCUT2D eigenvalue weighted by Gasteiger charge is -2.12. The number of phenols is 1. The van der Waals surface area contributed by atoms with Gasteiger partial charge in [-0.25, -0.2) is 0 Å². The van der Waals surface area contributed by atoms with Gasteiger partial charge in [0.25, 0.3) is 0 Å². The van der Waals surface area contributed by atoms with Crippen LogP contribution in [0.5, 0.6) is 5.75 Å². The Morgan fingerprint density at radius 3 is 2.38 bits per heavy atom. The zero-order chi connectivity index (χ0) is 9.90. The smallest absolute Gasteiger partial charge is 0.488 e. The van der Waals surface area contributed by atoms with E-state index in [0.29, 0.717) is 11.8 Å². The van der Waals surface area contributed by atoms with Crippen molar-refractivity contribution in [2.75, 3.05) is 5.65 Å². The Kier molecular flexibility index (Phi) is 3.14. The zero-order valence-corrected chi connectivity index (χ0v) is 7.40. The highest BCUT2D eigenvalue weighted by molar-refractivity contribution is 8.00. The molecule has 1 rings (SSSR count). The first kappa shape index (κ1) is 10.3. The second kappa shape index (κ2) is 3.96. The van der Waals surface area contributed by atoms with Crippen LogP contribution in [0.4, 0.5) is 12.9 Å². The van der Waals surface area contributed by atoms with Gasteiger partial charge in [-0.15, -0.1) is 0 Å². The van der Waals surface area contributed by atoms with Gasteiger partial charge in [0, 0.05) is 4.90 Å². The molecule has 0 fully saturated rings. The van der Waals surface area contributed by atoms with Crippen LogP contribution in [-0.2, 0) is 0 Å². The highest BCUT2D eigenvalue weighted by Crippen LogP contribution is 2.30. The molecule has 0 heterocycles. The van der Waals surface area contributed by atoms with Crippen molar-refractivity contribution in [1.82, 2.24) is 0 Å². The van der Waals surface area contributed by atoms with Crippen molar-refractivity contribution >= 4 is 18.7 Å². The lowest BCUT2D eigenvalue weighted by atomic mass is 9.98. The molecule has 0 amide bonds. The molecule has 1 aromatic rings. The van der Waals surface area contributed by atoms with Crippen molar-refractivity contribution in [3.05, 3.63) is 24.3 Å². The Labute approximate surface area is 78.0 Å². The quantitative estimate of drug-likeness (QED) is 0.607. The summed E-state index contributed by atoms with van der Waals surface area (Å²) in [5.41, 5.74) is -0.919. The largest absolute Gasteiger partial charge is 0.507 e. The first-order valence-corrected chi connectivity index (χ1v) is 4.59. The molecule has 0 aliphatic rings. The van der Waals surface area contributed by atoms with E-state index >= 15 is 0 Å². The SMILES string of the molecule is Oc1ccccc1SC[B-](F)(F)F. The third-order valence-corrected chi connectivity index (χ3v) is 2.49. The van der Waals surface area contributed by atoms with E-state index in [-0.39, 0.29) is 10.6 Å². The average Bonchev–Trinajstić information content (AvgIpc) is 2.01. The van der Waals surface area contributed by atoms with Gasteiger partial charge in [-0.3, -0.25) is 0 Å². The van der Waals surface area contributed by atoms with E-state index in [9.17, 15) is 12.9 Å². The van der Waals surface area contributed by atoms with E-state index in [4.69, 9.17) is 5.11 Å². The minimum atomic E-state index is -4.79. The Balaban J connectivity index is 2.60. The molecule has 1 nitrogen and oxygen atoms in total. The van der Waals surface area contributed by atoms with Crippen molar-refractivity contribution in [2.45, 2.75) is 4.90 Å². The lowest BCUT2D eigenvalue weighted by Crippen LogP contribution is -2.18. The van der Waals surface area contributed by atoms with Gasteiger partial charge >= 0.3 is 6.98 Å². The normalized spacial score (nSPS) is 11.6. The van der Waals surface area contributed by atoms with Crippen molar-refractivity contribution in [3.8, 4) is 5.75 Å². The van der Waals surface area contributed by atoms with Crippen molar-refractivity contribution < 1.29 is 18.1 Å². The van der Waals surface area contributed by atoms with Gasteiger partial charge < -0.3 is 18.1 Å². The van der Waals surface area contributed by atoms with Gasteiger partial charge in [-0.1, -0.05) is 12.1 Å². The number of aromatic hydroxyl groups is 1. The molecule has 0 aromatic heterocycles. The first-order valence-electron chi connectivity index (χ1n) is 3.61. The maximum atomic E-state index is 11.8. The predicted molar refractivity (Wildman–Crippen MR) is 47.9 cm³/mol. The number of halogens is 3. The molecule has 0 saturated carbocycles. The number of phenolic OH excluding ortho intramolecular Hbond substituents is 1. The van der Waals surface area contributed by atoms with Crippen LogP contribution in [0, 0.1) is 0 Å². The van der Waals surface area contributed by atoms with Crippen LogP contribution in [0.1, 0.15) is 0 Å². The Morgan fingerprint density at radius 1 is 1.23 bits per heavy atom. The van der Waals surface area contributed by atoms with Gasteiger partial charge in [0.05, 0.1) is 0 Å². The van der Waals surface area contributed by atoms with Crippen LogP contribution in [0.25, 0.3) is 0 Å². The molecule has 0 unspecified atom stereocenters. The number of thioether (sulfide) groups is 1. The topological polar surface area (TPSA) is 20.2 Å². The fourth-order valence-corrected chi connectivity index (χ4v) is 1.52. The predicted octanol–water partition coefficient (Wildman–Crippen LogP) is 2.87. The minimum absolute atomic E-state index is 0.104. The van der Waals surface area contributed by atoms with E-state index in [1.165, 1.54) is 12.1 Å². The monoisotopic (exact) mass is 207 g/mol. The molecular weight excluding hydrogens is 200 g/mol. The van der Waals surface area contributed by atoms with E-state index in [1.54, 1.807) is 12.1 Å². The lowest BCUT2D eigenvalue weighted by molar-refractivity contribution is 0.462. The van der Waals surface area contributed by atoms with Crippen LogP contribution in [0.2, 0.25) is 0 Å². The van der Waals surface area contributed by atoms with Crippen LogP contribution < -0.4 is 0 Å². The summed E-state index contributed by atoms with van der Waals surface area (Å²) in [4.78, 5) is 0.265. The minimum Gasteiger partial charge on any atom is -0.507 e. The number of benzene rings is 1. The third kappa shape index (κ3) is 3.63. The molecule has 0 bridgehead atoms. The maximum absolute atomic E-state index is 11.8. The van der Waals surface area contributed by atoms with Crippen molar-refractivity contribution in [3.63, 3.8) is 0 Å². The van der Waals surface area contributed by atoms with Gasteiger partial charge in [0.1, 0.15) is 5.75 Å². The molecule has 6 heteroatoms. The van der Waals surface area contributed by atoms with Gasteiger partial charge in [0.2, 0.25) is 0 Å². The van der Waals surface area contributed by atoms with E-state index in [2.05, 4.69) is 0 Å². The molecule has 72 valence electrons. The molecule has 0 atom stereocenters. The highest BCUT2D eigenvalue weighted by atomic mass is 32.2. The summed E-state index contributed by atoms with van der Waals surface area (Å²) < 4.78 is 35.5. The average molecular weight is 207 g/mol. The first-order chi connectivity index (χ1) is 5.99. The summed E-state index contributed by atoms with van der Waals surface area (Å²) in [6, 6.07) is 5.98. The summed E-state index contributed by atoms with van der Waals surface area (Å²) in [5, 5.41) is 9.13. The van der Waals surface area contributed by atoms with Gasteiger partial charge in [-0.05, 0) is 17.8 Å². The van der Waals surface area contributed by atoms with E-state index in [1.807, 2.05) is 0 Å². The maximum Gasteiger partial charge on any atom is 0.488 e. The van der Waals surface area contributed by atoms with Crippen LogP contribution in [0.15, 0.2) is 29.2 Å². The van der Waals surface area contributed by atoms with E-state index in [0.717, 1.165) is 0 Å². The molecule has 1 aromatic carbocycles. The van der Waals surface area contributed by atoms with Crippen molar-refractivity contribution in [2.24, 2.45) is 0 Å². The molecule has 0 saturated heterocycles. The number of hydrogen-bond acceptors (Lipinski definition) is 2. The molecule has 13 heavy (non-hydrogen) atoms. The molecule has 0 aliphatic carbocycles. The van der Waals surface area contributed by atoms with Gasteiger partial charge in [-0.2, -0.15) is 11.8 Å². The van der Waals surface area contributed by atoms with Crippen LogP contribution >= 0.6 is 11.8 Å². The molecule has 0 spiro atoms. The van der Waals surface area contributed by atoms with Crippen molar-refractivity contribution in [1.29, 1.82) is 0 Å². The molecule has 0 radical (unpaired) electrons. The molecular formula is C7H7BF3OS-. The number of para-hydroxylation sites is 1. The summed E-state index contributed by atoms with van der Waals surface area (Å²) in [7, 11) is 0. The van der Waals surface area contributed by atoms with Crippen LogP contribution in [-0.4, -0.2) is 17.7 Å². The highest BCUT2D eigenvalue weighted by Gasteiger charge is 2.23. The molecule has 1 N–H and O–H groups in total. The Bertz CT molecular complexity index is 289. The number of rotatable bonds is 3. The summed E-state index contributed by atoms with van der Waals surface area (Å²) >= 11 is 0.607. The van der Waals surface area contributed by atoms with E-state index < -0.39 is 12.6 Å². The second-order valence-electron chi connectivity index (χ2n) is 2.49. The fourth-order valence-electron chi connectivity index (χ4n) is 0.763.